The van der Waals surface area contributed by atoms with E-state index in [2.05, 4.69) is 24.5 Å². The van der Waals surface area contributed by atoms with Gasteiger partial charge in [-0.05, 0) is 49.8 Å². The van der Waals surface area contributed by atoms with Gasteiger partial charge in [-0.2, -0.15) is 0 Å². The fourth-order valence-electron chi connectivity index (χ4n) is 2.61. The van der Waals surface area contributed by atoms with Gasteiger partial charge in [-0.25, -0.2) is 0 Å². The molecule has 0 saturated heterocycles. The molecule has 88 valence electrons. The summed E-state index contributed by atoms with van der Waals surface area (Å²) in [5, 5.41) is 12.4. The second kappa shape index (κ2) is 5.46. The van der Waals surface area contributed by atoms with E-state index in [1.807, 2.05) is 12.1 Å². The summed E-state index contributed by atoms with van der Waals surface area (Å²) in [6, 6.07) is 9.15. The van der Waals surface area contributed by atoms with Crippen LogP contribution < -0.4 is 5.32 Å². The molecule has 0 bridgehead atoms. The number of nitrogens with one attached hydrogen (secondary N) is 1. The van der Waals surface area contributed by atoms with Crippen LogP contribution in [0, 0.1) is 0 Å². The van der Waals surface area contributed by atoms with E-state index in [0.29, 0.717) is 6.04 Å². The zero-order valence-corrected chi connectivity index (χ0v) is 9.95. The summed E-state index contributed by atoms with van der Waals surface area (Å²) in [5.41, 5.74) is 2.44. The normalized spacial score (nSPS) is 25.6. The van der Waals surface area contributed by atoms with Crippen LogP contribution in [-0.2, 0) is 6.61 Å². The van der Waals surface area contributed by atoms with Crippen LogP contribution in [0.15, 0.2) is 24.3 Å². The van der Waals surface area contributed by atoms with E-state index in [1.165, 1.54) is 31.2 Å². The monoisotopic (exact) mass is 219 g/mol. The van der Waals surface area contributed by atoms with E-state index in [-0.39, 0.29) is 6.61 Å². The lowest BCUT2D eigenvalue weighted by Crippen LogP contribution is -2.29. The zero-order valence-electron chi connectivity index (χ0n) is 9.95. The first-order valence-corrected chi connectivity index (χ1v) is 6.20. The van der Waals surface area contributed by atoms with Gasteiger partial charge in [0.05, 0.1) is 6.61 Å². The molecule has 0 heterocycles. The molecule has 0 radical (unpaired) electrons. The molecular weight excluding hydrogens is 198 g/mol. The number of hydrogen-bond donors (Lipinski definition) is 2. The van der Waals surface area contributed by atoms with Crippen molar-refractivity contribution in [3.05, 3.63) is 35.4 Å². The molecule has 0 unspecified atom stereocenters. The minimum Gasteiger partial charge on any atom is -0.392 e. The molecular formula is C14H21NO. The van der Waals surface area contributed by atoms with E-state index in [0.717, 1.165) is 11.5 Å². The number of hydrogen-bond acceptors (Lipinski definition) is 2. The maximum Gasteiger partial charge on any atom is 0.0681 e. The van der Waals surface area contributed by atoms with Gasteiger partial charge in [-0.3, -0.25) is 0 Å². The molecule has 0 atom stereocenters. The van der Waals surface area contributed by atoms with Crippen LogP contribution in [0.2, 0.25) is 0 Å². The van der Waals surface area contributed by atoms with E-state index in [4.69, 9.17) is 5.11 Å². The van der Waals surface area contributed by atoms with Gasteiger partial charge >= 0.3 is 0 Å². The fraction of sp³-hybridized carbons (Fsp3) is 0.571. The lowest BCUT2D eigenvalue weighted by Gasteiger charge is -2.28. The third-order valence-corrected chi connectivity index (χ3v) is 3.77. The topological polar surface area (TPSA) is 32.3 Å². The SMILES string of the molecule is CNC1CCC(c2ccc(CO)cc2)CC1. The highest BCUT2D eigenvalue weighted by Gasteiger charge is 2.20. The van der Waals surface area contributed by atoms with Crippen molar-refractivity contribution in [1.29, 1.82) is 0 Å². The Labute approximate surface area is 97.7 Å². The summed E-state index contributed by atoms with van der Waals surface area (Å²) in [7, 11) is 2.06. The van der Waals surface area contributed by atoms with Gasteiger partial charge in [0.25, 0.3) is 0 Å². The molecule has 1 aromatic carbocycles. The Morgan fingerprint density at radius 2 is 1.75 bits per heavy atom. The van der Waals surface area contributed by atoms with E-state index in [1.54, 1.807) is 0 Å². The molecule has 1 saturated carbocycles. The standard InChI is InChI=1S/C14H21NO/c1-15-14-8-6-13(7-9-14)12-4-2-11(10-16)3-5-12/h2-5,13-16H,6-10H2,1H3. The molecule has 2 nitrogen and oxygen atoms in total. The van der Waals surface area contributed by atoms with Crippen molar-refractivity contribution in [1.82, 2.24) is 5.32 Å². The molecule has 1 aliphatic rings. The third-order valence-electron chi connectivity index (χ3n) is 3.77. The Morgan fingerprint density at radius 1 is 1.12 bits per heavy atom. The van der Waals surface area contributed by atoms with E-state index < -0.39 is 0 Å². The molecule has 2 N–H and O–H groups in total. The van der Waals surface area contributed by atoms with Crippen LogP contribution in [0.3, 0.4) is 0 Å². The van der Waals surface area contributed by atoms with E-state index >= 15 is 0 Å². The largest absolute Gasteiger partial charge is 0.392 e. The second-order valence-corrected chi connectivity index (χ2v) is 4.74. The molecule has 1 fully saturated rings. The minimum absolute atomic E-state index is 0.146. The number of aliphatic hydroxyl groups is 1. The van der Waals surface area contributed by atoms with Gasteiger partial charge in [0.15, 0.2) is 0 Å². The Hall–Kier alpha value is -0.860. The minimum atomic E-state index is 0.146. The molecule has 0 aromatic heterocycles. The highest BCUT2D eigenvalue weighted by molar-refractivity contribution is 5.25. The van der Waals surface area contributed by atoms with Crippen LogP contribution in [0.1, 0.15) is 42.7 Å². The van der Waals surface area contributed by atoms with Gasteiger partial charge in [0.2, 0.25) is 0 Å². The molecule has 16 heavy (non-hydrogen) atoms. The predicted octanol–water partition coefficient (Wildman–Crippen LogP) is 2.42. The van der Waals surface area contributed by atoms with Crippen molar-refractivity contribution in [2.45, 2.75) is 44.2 Å². The van der Waals surface area contributed by atoms with Crippen molar-refractivity contribution in [3.63, 3.8) is 0 Å². The van der Waals surface area contributed by atoms with Crippen LogP contribution in [0.25, 0.3) is 0 Å². The van der Waals surface area contributed by atoms with Crippen molar-refractivity contribution in [2.24, 2.45) is 0 Å². The third kappa shape index (κ3) is 2.63. The summed E-state index contributed by atoms with van der Waals surface area (Å²) in [6.07, 6.45) is 5.12. The maximum atomic E-state index is 9.00. The van der Waals surface area contributed by atoms with Crippen LogP contribution in [-0.4, -0.2) is 18.2 Å². The molecule has 2 rings (SSSR count). The molecule has 1 aromatic rings. The quantitative estimate of drug-likeness (QED) is 0.818. The summed E-state index contributed by atoms with van der Waals surface area (Å²) >= 11 is 0. The van der Waals surface area contributed by atoms with Crippen LogP contribution in [0.5, 0.6) is 0 Å². The Kier molecular flexibility index (Phi) is 3.97. The fourth-order valence-corrected chi connectivity index (χ4v) is 2.61. The average Bonchev–Trinajstić information content (AvgIpc) is 2.39. The van der Waals surface area contributed by atoms with Gasteiger partial charge in [0, 0.05) is 6.04 Å². The molecule has 0 aliphatic heterocycles. The summed E-state index contributed by atoms with van der Waals surface area (Å²) in [5.74, 6) is 0.720. The number of aliphatic hydroxyl groups excluding tert-OH is 1. The summed E-state index contributed by atoms with van der Waals surface area (Å²) in [4.78, 5) is 0. The zero-order chi connectivity index (χ0) is 11.4. The summed E-state index contributed by atoms with van der Waals surface area (Å²) in [6.45, 7) is 0.146. The van der Waals surface area contributed by atoms with Crippen molar-refractivity contribution < 1.29 is 5.11 Å². The lowest BCUT2D eigenvalue weighted by atomic mass is 9.81. The predicted molar refractivity (Wildman–Crippen MR) is 66.4 cm³/mol. The highest BCUT2D eigenvalue weighted by Crippen LogP contribution is 2.32. The van der Waals surface area contributed by atoms with Gasteiger partial charge in [-0.1, -0.05) is 24.3 Å². The first-order valence-electron chi connectivity index (χ1n) is 6.20. The average molecular weight is 219 g/mol. The van der Waals surface area contributed by atoms with E-state index in [9.17, 15) is 0 Å². The first-order chi connectivity index (χ1) is 7.83. The molecule has 2 heteroatoms. The van der Waals surface area contributed by atoms with Gasteiger partial charge in [0.1, 0.15) is 0 Å². The number of benzene rings is 1. The van der Waals surface area contributed by atoms with Crippen molar-refractivity contribution in [3.8, 4) is 0 Å². The van der Waals surface area contributed by atoms with Gasteiger partial charge < -0.3 is 10.4 Å². The lowest BCUT2D eigenvalue weighted by molar-refractivity contribution is 0.281. The Balaban J connectivity index is 1.97. The summed E-state index contributed by atoms with van der Waals surface area (Å²) < 4.78 is 0. The smallest absolute Gasteiger partial charge is 0.0681 e. The molecule has 0 spiro atoms. The number of rotatable bonds is 3. The molecule has 0 amide bonds. The maximum absolute atomic E-state index is 9.00. The van der Waals surface area contributed by atoms with Crippen molar-refractivity contribution in [2.75, 3.05) is 7.05 Å². The van der Waals surface area contributed by atoms with Crippen LogP contribution in [0.4, 0.5) is 0 Å². The molecule has 1 aliphatic carbocycles. The van der Waals surface area contributed by atoms with Gasteiger partial charge in [-0.15, -0.1) is 0 Å². The first kappa shape index (κ1) is 11.6. The Bertz CT molecular complexity index is 312. The van der Waals surface area contributed by atoms with Crippen molar-refractivity contribution >= 4 is 0 Å². The highest BCUT2D eigenvalue weighted by atomic mass is 16.3. The Morgan fingerprint density at radius 3 is 2.25 bits per heavy atom. The van der Waals surface area contributed by atoms with Crippen LogP contribution >= 0.6 is 0 Å². The second-order valence-electron chi connectivity index (χ2n) is 4.74.